The van der Waals surface area contributed by atoms with E-state index in [4.69, 9.17) is 25.8 Å². The van der Waals surface area contributed by atoms with Crippen molar-refractivity contribution in [3.8, 4) is 17.4 Å². The number of carbonyl (C=O) groups excluding carboxylic acids is 1. The predicted molar refractivity (Wildman–Crippen MR) is 105 cm³/mol. The van der Waals surface area contributed by atoms with Crippen molar-refractivity contribution in [1.82, 2.24) is 9.88 Å². The van der Waals surface area contributed by atoms with Crippen LogP contribution in [0.1, 0.15) is 34.1 Å². The van der Waals surface area contributed by atoms with E-state index in [-0.39, 0.29) is 34.2 Å². The molecule has 3 rings (SSSR count). The van der Waals surface area contributed by atoms with E-state index in [0.717, 1.165) is 19.5 Å². The molecule has 1 fully saturated rings. The number of aromatic nitrogens is 1. The first kappa shape index (κ1) is 20.9. The van der Waals surface area contributed by atoms with Crippen LogP contribution in [-0.4, -0.2) is 59.8 Å². The second-order valence-corrected chi connectivity index (χ2v) is 7.05. The maximum absolute atomic E-state index is 12.3. The Balaban J connectivity index is 1.81. The average Bonchev–Trinajstić information content (AvgIpc) is 2.61. The van der Waals surface area contributed by atoms with Crippen molar-refractivity contribution in [2.75, 3.05) is 26.8 Å². The topological polar surface area (TPSA) is 98.2 Å². The van der Waals surface area contributed by atoms with Crippen LogP contribution in [0, 0.1) is 0 Å². The highest BCUT2D eigenvalue weighted by atomic mass is 35.5. The molecule has 1 amide bonds. The smallest absolute Gasteiger partial charge is 0.335 e. The fraction of sp³-hybridized carbons (Fsp3) is 0.350. The highest BCUT2D eigenvalue weighted by molar-refractivity contribution is 6.32. The van der Waals surface area contributed by atoms with E-state index in [1.54, 1.807) is 18.9 Å². The molecule has 0 bridgehead atoms. The summed E-state index contributed by atoms with van der Waals surface area (Å²) in [7, 11) is 1.55. The number of aromatic carboxylic acids is 1. The molecule has 0 saturated carbocycles. The molecule has 9 heteroatoms. The molecule has 1 saturated heterocycles. The van der Waals surface area contributed by atoms with E-state index < -0.39 is 5.97 Å². The Morgan fingerprint density at radius 3 is 2.52 bits per heavy atom. The van der Waals surface area contributed by atoms with Gasteiger partial charge in [-0.05, 0) is 31.5 Å². The summed E-state index contributed by atoms with van der Waals surface area (Å²) in [6.45, 7) is 3.58. The molecule has 1 aliphatic rings. The van der Waals surface area contributed by atoms with Crippen LogP contribution in [0.25, 0.3) is 0 Å². The van der Waals surface area contributed by atoms with Crippen LogP contribution < -0.4 is 9.47 Å². The minimum absolute atomic E-state index is 0.0113. The highest BCUT2D eigenvalue weighted by Gasteiger charge is 2.23. The minimum Gasteiger partial charge on any atom is -0.488 e. The van der Waals surface area contributed by atoms with Gasteiger partial charge in [0.2, 0.25) is 5.88 Å². The fourth-order valence-corrected chi connectivity index (χ4v) is 2.96. The standard InChI is InChI=1S/C20H21ClN2O6/c1-12(11-27-2)28-15-6-13(20(25)26)7-16(9-15)29-18-17(21)8-14(10-22-18)19(24)23-4-3-5-23/h6-10,12H,3-5,11H2,1-2H3,(H,25,26)/t12-/m0/s1. The Hall–Kier alpha value is -2.84. The summed E-state index contributed by atoms with van der Waals surface area (Å²) in [4.78, 5) is 29.5. The third-order valence-corrected chi connectivity index (χ3v) is 4.55. The number of methoxy groups -OCH3 is 1. The molecule has 29 heavy (non-hydrogen) atoms. The maximum atomic E-state index is 12.3. The third kappa shape index (κ3) is 5.16. The maximum Gasteiger partial charge on any atom is 0.335 e. The summed E-state index contributed by atoms with van der Waals surface area (Å²) >= 11 is 6.23. The van der Waals surface area contributed by atoms with Crippen molar-refractivity contribution in [2.24, 2.45) is 0 Å². The van der Waals surface area contributed by atoms with Crippen molar-refractivity contribution in [2.45, 2.75) is 19.4 Å². The molecule has 2 aromatic rings. The van der Waals surface area contributed by atoms with Crippen LogP contribution in [0.4, 0.5) is 0 Å². The number of halogens is 1. The van der Waals surface area contributed by atoms with Gasteiger partial charge in [0.1, 0.15) is 22.6 Å². The number of carbonyl (C=O) groups is 2. The number of carboxylic acids is 1. The number of nitrogens with zero attached hydrogens (tertiary/aromatic N) is 2. The first-order chi connectivity index (χ1) is 13.9. The van der Waals surface area contributed by atoms with Crippen LogP contribution in [-0.2, 0) is 4.74 Å². The van der Waals surface area contributed by atoms with E-state index in [1.165, 1.54) is 30.5 Å². The van der Waals surface area contributed by atoms with Gasteiger partial charge in [0, 0.05) is 32.5 Å². The molecule has 0 radical (unpaired) electrons. The van der Waals surface area contributed by atoms with Crippen molar-refractivity contribution in [3.63, 3.8) is 0 Å². The van der Waals surface area contributed by atoms with Gasteiger partial charge in [0.25, 0.3) is 5.91 Å². The fourth-order valence-electron chi connectivity index (χ4n) is 2.75. The number of benzene rings is 1. The summed E-state index contributed by atoms with van der Waals surface area (Å²) in [5, 5.41) is 9.50. The van der Waals surface area contributed by atoms with Gasteiger partial charge in [-0.15, -0.1) is 0 Å². The normalized spacial score (nSPS) is 14.1. The van der Waals surface area contributed by atoms with Crippen molar-refractivity contribution in [3.05, 3.63) is 46.6 Å². The third-order valence-electron chi connectivity index (χ3n) is 4.28. The molecule has 0 spiro atoms. The number of hydrogen-bond acceptors (Lipinski definition) is 6. The first-order valence-electron chi connectivity index (χ1n) is 9.04. The van der Waals surface area contributed by atoms with Gasteiger partial charge in [0.05, 0.1) is 17.7 Å². The molecule has 1 aliphatic heterocycles. The monoisotopic (exact) mass is 420 g/mol. The van der Waals surface area contributed by atoms with Gasteiger partial charge in [-0.25, -0.2) is 9.78 Å². The van der Waals surface area contributed by atoms with Crippen molar-refractivity contribution >= 4 is 23.5 Å². The molecule has 0 aliphatic carbocycles. The van der Waals surface area contributed by atoms with E-state index in [0.29, 0.717) is 17.9 Å². The van der Waals surface area contributed by atoms with E-state index in [2.05, 4.69) is 4.98 Å². The van der Waals surface area contributed by atoms with Gasteiger partial charge in [0.15, 0.2) is 0 Å². The molecule has 8 nitrogen and oxygen atoms in total. The van der Waals surface area contributed by atoms with Gasteiger partial charge >= 0.3 is 5.97 Å². The summed E-state index contributed by atoms with van der Waals surface area (Å²) < 4.78 is 16.4. The number of likely N-dealkylation sites (tertiary alicyclic amines) is 1. The molecule has 0 unspecified atom stereocenters. The van der Waals surface area contributed by atoms with Crippen LogP contribution in [0.3, 0.4) is 0 Å². The minimum atomic E-state index is -1.13. The molecule has 2 heterocycles. The second-order valence-electron chi connectivity index (χ2n) is 6.64. The number of carboxylic acid groups (broad SMARTS) is 1. The molecule has 1 aromatic heterocycles. The van der Waals surface area contributed by atoms with Crippen molar-refractivity contribution < 1.29 is 28.9 Å². The lowest BCUT2D eigenvalue weighted by Gasteiger charge is -2.30. The zero-order chi connectivity index (χ0) is 21.0. The molecule has 1 atom stereocenters. The van der Waals surface area contributed by atoms with Crippen LogP contribution in [0.2, 0.25) is 5.02 Å². The second kappa shape index (κ2) is 9.11. The first-order valence-corrected chi connectivity index (χ1v) is 9.42. The molecular weight excluding hydrogens is 400 g/mol. The predicted octanol–water partition coefficient (Wildman–Crippen LogP) is 3.49. The summed E-state index contributed by atoms with van der Waals surface area (Å²) in [5.74, 6) is -0.696. The Labute approximate surface area is 173 Å². The number of amides is 1. The van der Waals surface area contributed by atoms with Gasteiger partial charge < -0.3 is 24.2 Å². The van der Waals surface area contributed by atoms with Crippen LogP contribution in [0.5, 0.6) is 17.4 Å². The zero-order valence-corrected chi connectivity index (χ0v) is 16.8. The number of ether oxygens (including phenoxy) is 3. The summed E-state index contributed by atoms with van der Waals surface area (Å²) in [5.41, 5.74) is 0.363. The Morgan fingerprint density at radius 1 is 1.21 bits per heavy atom. The largest absolute Gasteiger partial charge is 0.488 e. The van der Waals surface area contributed by atoms with E-state index >= 15 is 0 Å². The summed E-state index contributed by atoms with van der Waals surface area (Å²) in [6.07, 6.45) is 2.09. The number of pyridine rings is 1. The molecule has 1 N–H and O–H groups in total. The number of rotatable bonds is 8. The van der Waals surface area contributed by atoms with Gasteiger partial charge in [-0.3, -0.25) is 4.79 Å². The lowest BCUT2D eigenvalue weighted by Crippen LogP contribution is -2.42. The molecule has 1 aromatic carbocycles. The average molecular weight is 421 g/mol. The van der Waals surface area contributed by atoms with Crippen molar-refractivity contribution in [1.29, 1.82) is 0 Å². The quantitative estimate of drug-likeness (QED) is 0.697. The van der Waals surface area contributed by atoms with E-state index in [9.17, 15) is 14.7 Å². The van der Waals surface area contributed by atoms with Gasteiger partial charge in [-0.1, -0.05) is 11.6 Å². The Bertz CT molecular complexity index is 916. The zero-order valence-electron chi connectivity index (χ0n) is 16.1. The SMILES string of the molecule is COC[C@H](C)Oc1cc(Oc2ncc(C(=O)N3CCC3)cc2Cl)cc(C(=O)O)c1. The lowest BCUT2D eigenvalue weighted by molar-refractivity contribution is 0.0649. The molecule has 154 valence electrons. The Morgan fingerprint density at radius 2 is 1.93 bits per heavy atom. The molecular formula is C20H21ClN2O6. The number of hydrogen-bond donors (Lipinski definition) is 1. The van der Waals surface area contributed by atoms with Crippen LogP contribution in [0.15, 0.2) is 30.5 Å². The Kier molecular flexibility index (Phi) is 6.56. The lowest BCUT2D eigenvalue weighted by atomic mass is 10.1. The summed E-state index contributed by atoms with van der Waals surface area (Å²) in [6, 6.07) is 5.76. The highest BCUT2D eigenvalue weighted by Crippen LogP contribution is 2.31. The van der Waals surface area contributed by atoms with E-state index in [1.807, 2.05) is 0 Å². The van der Waals surface area contributed by atoms with Crippen LogP contribution >= 0.6 is 11.6 Å². The van der Waals surface area contributed by atoms with Gasteiger partial charge in [-0.2, -0.15) is 0 Å².